The third kappa shape index (κ3) is 5.91. The molecule has 1 fully saturated rings. The second-order valence-electron chi connectivity index (χ2n) is 8.87. The van der Waals surface area contributed by atoms with Gasteiger partial charge in [-0.3, -0.25) is 4.98 Å². The Morgan fingerprint density at radius 3 is 2.43 bits per heavy atom. The number of likely N-dealkylation sites (N-methyl/N-ethyl adjacent to an activating group) is 1. The van der Waals surface area contributed by atoms with Gasteiger partial charge in [0.05, 0.1) is 49.0 Å². The van der Waals surface area contributed by atoms with Crippen LogP contribution in [-0.4, -0.2) is 82.1 Å². The Labute approximate surface area is 227 Å². The van der Waals surface area contributed by atoms with E-state index in [1.165, 1.54) is 13.3 Å². The molecule has 0 aliphatic carbocycles. The van der Waals surface area contributed by atoms with Crippen LogP contribution >= 0.6 is 23.2 Å². The van der Waals surface area contributed by atoms with E-state index in [9.17, 15) is 5.26 Å². The van der Waals surface area contributed by atoms with E-state index in [0.717, 1.165) is 39.1 Å². The zero-order chi connectivity index (χ0) is 26.5. The molecule has 1 aliphatic rings. The van der Waals surface area contributed by atoms with Crippen molar-refractivity contribution in [2.75, 3.05) is 60.6 Å². The number of hydrogen-bond acceptors (Lipinski definition) is 7. The Morgan fingerprint density at radius 2 is 1.76 bits per heavy atom. The van der Waals surface area contributed by atoms with Crippen LogP contribution in [0, 0.1) is 11.3 Å². The molecule has 1 aromatic heterocycles. The van der Waals surface area contributed by atoms with E-state index in [-0.39, 0.29) is 0 Å². The van der Waals surface area contributed by atoms with Gasteiger partial charge < -0.3 is 24.0 Å². The summed E-state index contributed by atoms with van der Waals surface area (Å²) in [5.74, 6) is 1.58. The van der Waals surface area contributed by atoms with E-state index in [4.69, 9.17) is 37.4 Å². The molecule has 0 unspecified atom stereocenters. The fourth-order valence-corrected chi connectivity index (χ4v) is 4.94. The minimum Gasteiger partial charge on any atom is -0.495 e. The molecule has 0 bridgehead atoms. The highest BCUT2D eigenvalue weighted by molar-refractivity contribution is 6.37. The summed E-state index contributed by atoms with van der Waals surface area (Å²) in [7, 11) is 5.26. The number of aromatic nitrogens is 1. The Kier molecular flexibility index (Phi) is 8.72. The number of nitriles is 1. The van der Waals surface area contributed by atoms with Crippen molar-refractivity contribution < 1.29 is 14.2 Å². The molecule has 3 aromatic rings. The number of ether oxygens (including phenoxy) is 3. The largest absolute Gasteiger partial charge is 0.495 e. The summed E-state index contributed by atoms with van der Waals surface area (Å²) < 4.78 is 18.7. The van der Waals surface area contributed by atoms with E-state index in [2.05, 4.69) is 34.6 Å². The fraction of sp³-hybridized carbons (Fsp3) is 0.370. The quantitative estimate of drug-likeness (QED) is 0.214. The molecular formula is C27H30Cl2N5O3+. The lowest BCUT2D eigenvalue weighted by Gasteiger charge is -2.32. The van der Waals surface area contributed by atoms with Gasteiger partial charge in [-0.25, -0.2) is 0 Å². The van der Waals surface area contributed by atoms with E-state index in [1.807, 2.05) is 12.1 Å². The van der Waals surface area contributed by atoms with Gasteiger partial charge in [0.25, 0.3) is 0 Å². The minimum absolute atomic E-state index is 0.329. The first-order valence-electron chi connectivity index (χ1n) is 11.9. The molecule has 8 nitrogen and oxygen atoms in total. The second-order valence-corrected chi connectivity index (χ2v) is 9.68. The van der Waals surface area contributed by atoms with Crippen molar-refractivity contribution in [1.82, 2.24) is 19.4 Å². The highest BCUT2D eigenvalue weighted by Crippen LogP contribution is 2.41. The van der Waals surface area contributed by atoms with Crippen molar-refractivity contribution in [2.45, 2.75) is 6.42 Å². The van der Waals surface area contributed by atoms with E-state index in [1.54, 1.807) is 23.8 Å². The van der Waals surface area contributed by atoms with Gasteiger partial charge in [-0.15, -0.1) is 0 Å². The summed E-state index contributed by atoms with van der Waals surface area (Å²) in [5, 5.41) is 11.3. The summed E-state index contributed by atoms with van der Waals surface area (Å²) >= 11 is 12.7. The number of pyridine rings is 1. The van der Waals surface area contributed by atoms with E-state index < -0.39 is 0 Å². The molecule has 0 spiro atoms. The van der Waals surface area contributed by atoms with Crippen molar-refractivity contribution in [3.05, 3.63) is 46.1 Å². The molecule has 1 saturated heterocycles. The molecule has 0 atom stereocenters. The normalized spacial score (nSPS) is 14.4. The molecule has 37 heavy (non-hydrogen) atoms. The SMILES string of the molecule is C=[N+](c1cc(OC)c(Cl)cc1Cl)c1c(C#N)cnc2cc(OCCCN3CCN(C)CC3)c(OC)cc12. The predicted octanol–water partition coefficient (Wildman–Crippen LogP) is 4.98. The lowest BCUT2D eigenvalue weighted by Crippen LogP contribution is -2.44. The zero-order valence-electron chi connectivity index (χ0n) is 21.3. The first kappa shape index (κ1) is 27.0. The van der Waals surface area contributed by atoms with Gasteiger partial charge in [-0.2, -0.15) is 9.84 Å². The molecule has 2 aromatic carbocycles. The average molecular weight is 543 g/mol. The number of halogens is 2. The summed E-state index contributed by atoms with van der Waals surface area (Å²) in [6.07, 6.45) is 2.42. The number of benzene rings is 2. The number of nitrogens with zero attached hydrogens (tertiary/aromatic N) is 5. The second kappa shape index (κ2) is 12.0. The van der Waals surface area contributed by atoms with Gasteiger partial charge in [-0.05, 0) is 19.5 Å². The van der Waals surface area contributed by atoms with Crippen LogP contribution in [0.15, 0.2) is 30.5 Å². The Balaban J connectivity index is 1.62. The van der Waals surface area contributed by atoms with Crippen LogP contribution in [0.5, 0.6) is 17.2 Å². The van der Waals surface area contributed by atoms with Crippen LogP contribution in [0.2, 0.25) is 10.0 Å². The molecule has 2 heterocycles. The third-order valence-electron chi connectivity index (χ3n) is 6.50. The lowest BCUT2D eigenvalue weighted by molar-refractivity contribution is 0.145. The molecule has 0 radical (unpaired) electrons. The number of rotatable bonds is 9. The zero-order valence-corrected chi connectivity index (χ0v) is 22.8. The average Bonchev–Trinajstić information content (AvgIpc) is 2.90. The van der Waals surface area contributed by atoms with Crippen molar-refractivity contribution in [2.24, 2.45) is 0 Å². The summed E-state index contributed by atoms with van der Waals surface area (Å²) in [4.78, 5) is 9.30. The van der Waals surface area contributed by atoms with Crippen molar-refractivity contribution in [3.8, 4) is 23.3 Å². The maximum atomic E-state index is 9.85. The van der Waals surface area contributed by atoms with Gasteiger partial charge in [0.1, 0.15) is 29.1 Å². The summed E-state index contributed by atoms with van der Waals surface area (Å²) in [6, 6.07) is 9.10. The highest BCUT2D eigenvalue weighted by Gasteiger charge is 2.26. The Morgan fingerprint density at radius 1 is 1.03 bits per heavy atom. The molecule has 10 heteroatoms. The van der Waals surface area contributed by atoms with Gasteiger partial charge in [-0.1, -0.05) is 23.2 Å². The van der Waals surface area contributed by atoms with Crippen molar-refractivity contribution >= 4 is 52.2 Å². The number of methoxy groups -OCH3 is 2. The van der Waals surface area contributed by atoms with Crippen molar-refractivity contribution in [3.63, 3.8) is 0 Å². The third-order valence-corrected chi connectivity index (χ3v) is 7.10. The number of piperazine rings is 1. The fourth-order valence-electron chi connectivity index (χ4n) is 4.37. The number of hydrogen-bond donors (Lipinski definition) is 0. The highest BCUT2D eigenvalue weighted by atomic mass is 35.5. The Bertz CT molecular complexity index is 1350. The standard InChI is InChI=1S/C27H30Cl2N5O3/c1-32-7-9-34(10-8-32)6-5-11-37-26-14-22-19(12-25(26)36-4)27(18(16-30)17-31-22)33(2)23-15-24(35-3)21(29)13-20(23)28/h12-15,17H,2,5-11H2,1,3-4H3/q+1. The molecule has 194 valence electrons. The van der Waals surface area contributed by atoms with Gasteiger partial charge in [0.15, 0.2) is 11.5 Å². The maximum absolute atomic E-state index is 9.85. The van der Waals surface area contributed by atoms with E-state index >= 15 is 0 Å². The molecule has 0 saturated carbocycles. The Hall–Kier alpha value is -3.09. The molecule has 4 rings (SSSR count). The molecular weight excluding hydrogens is 513 g/mol. The minimum atomic E-state index is 0.329. The van der Waals surface area contributed by atoms with E-state index in [0.29, 0.717) is 61.7 Å². The van der Waals surface area contributed by atoms with Gasteiger partial charge in [0, 0.05) is 44.9 Å². The first-order chi connectivity index (χ1) is 17.9. The summed E-state index contributed by atoms with van der Waals surface area (Å²) in [6.45, 7) is 10.1. The lowest BCUT2D eigenvalue weighted by atomic mass is 10.1. The topological polar surface area (TPSA) is 73.9 Å². The molecule has 1 aliphatic heterocycles. The molecule has 0 amide bonds. The van der Waals surface area contributed by atoms with Crippen LogP contribution in [-0.2, 0) is 0 Å². The number of fused-ring (bicyclic) bond motifs is 1. The predicted molar refractivity (Wildman–Crippen MR) is 149 cm³/mol. The monoisotopic (exact) mass is 542 g/mol. The van der Waals surface area contributed by atoms with Crippen molar-refractivity contribution in [1.29, 1.82) is 5.26 Å². The van der Waals surface area contributed by atoms with Crippen LogP contribution < -0.4 is 18.8 Å². The first-order valence-corrected chi connectivity index (χ1v) is 12.7. The van der Waals surface area contributed by atoms with Crippen LogP contribution in [0.4, 0.5) is 11.4 Å². The van der Waals surface area contributed by atoms with Gasteiger partial charge >= 0.3 is 0 Å². The van der Waals surface area contributed by atoms with Crippen LogP contribution in [0.1, 0.15) is 12.0 Å². The maximum Gasteiger partial charge on any atom is 0.239 e. The van der Waals surface area contributed by atoms with Crippen LogP contribution in [0.25, 0.3) is 10.9 Å². The summed E-state index contributed by atoms with van der Waals surface area (Å²) in [5.41, 5.74) is 2.01. The van der Waals surface area contributed by atoms with Gasteiger partial charge in [0.2, 0.25) is 11.4 Å². The van der Waals surface area contributed by atoms with Crippen LogP contribution in [0.3, 0.4) is 0 Å². The molecule has 0 N–H and O–H groups in total. The smallest absolute Gasteiger partial charge is 0.239 e.